The minimum atomic E-state index is -0.491. The number of hydrogen-bond acceptors (Lipinski definition) is 5. The number of benzene rings is 1. The van der Waals surface area contributed by atoms with Gasteiger partial charge in [0.15, 0.2) is 5.76 Å². The molecule has 0 aliphatic carbocycles. The summed E-state index contributed by atoms with van der Waals surface area (Å²) in [5, 5.41) is 6.51. The number of aromatic nitrogens is 2. The van der Waals surface area contributed by atoms with E-state index in [-0.39, 0.29) is 5.56 Å². The van der Waals surface area contributed by atoms with Crippen LogP contribution in [0.25, 0.3) is 0 Å². The number of nitrogens with one attached hydrogen (secondary N) is 3. The number of furan rings is 1. The molecule has 0 fully saturated rings. The molecule has 1 aromatic carbocycles. The van der Waals surface area contributed by atoms with E-state index in [1.165, 1.54) is 11.6 Å². The van der Waals surface area contributed by atoms with Crippen LogP contribution in [0.2, 0.25) is 0 Å². The molecule has 1 aliphatic rings. The molecule has 2 aromatic heterocycles. The second kappa shape index (κ2) is 6.18. The molecule has 7 nitrogen and oxygen atoms in total. The summed E-state index contributed by atoms with van der Waals surface area (Å²) >= 11 is 0. The highest BCUT2D eigenvalue weighted by molar-refractivity contribution is 5.99. The van der Waals surface area contributed by atoms with E-state index in [1.54, 1.807) is 23.8 Å². The van der Waals surface area contributed by atoms with Crippen molar-refractivity contribution >= 4 is 17.6 Å². The van der Waals surface area contributed by atoms with Crippen molar-refractivity contribution in [3.63, 3.8) is 0 Å². The summed E-state index contributed by atoms with van der Waals surface area (Å²) in [6.45, 7) is 5.90. The molecule has 3 aromatic rings. The van der Waals surface area contributed by atoms with Crippen molar-refractivity contribution in [2.24, 2.45) is 0 Å². The van der Waals surface area contributed by atoms with E-state index in [0.29, 0.717) is 23.4 Å². The third kappa shape index (κ3) is 2.88. The standard InChI is InChI=1S/C19H19N5O2/c1-11-6-7-14(12(2)9-11)21-18-22-17(15-5-4-8-26-15)24-16(25)10-13(3)20-19(24)23-18/h4-10,17H,1-3H3,(H2,20,21,22,23)/p+1/t17-/m0/s1. The summed E-state index contributed by atoms with van der Waals surface area (Å²) in [4.78, 5) is 20.3. The molecular weight excluding hydrogens is 330 g/mol. The van der Waals surface area contributed by atoms with Crippen LogP contribution in [-0.4, -0.2) is 15.5 Å². The topological polar surface area (TPSA) is 86.1 Å². The van der Waals surface area contributed by atoms with Gasteiger partial charge >= 0.3 is 5.96 Å². The third-order valence-electron chi connectivity index (χ3n) is 4.31. The van der Waals surface area contributed by atoms with E-state index in [4.69, 9.17) is 4.42 Å². The van der Waals surface area contributed by atoms with Gasteiger partial charge in [0.05, 0.1) is 6.26 Å². The number of fused-ring (bicyclic) bond motifs is 1. The molecule has 0 saturated carbocycles. The first-order valence-corrected chi connectivity index (χ1v) is 8.39. The highest BCUT2D eigenvalue weighted by Crippen LogP contribution is 2.19. The van der Waals surface area contributed by atoms with Crippen LogP contribution in [0.3, 0.4) is 0 Å². The van der Waals surface area contributed by atoms with Gasteiger partial charge in [-0.05, 0) is 44.5 Å². The normalized spacial score (nSPS) is 15.8. The molecule has 26 heavy (non-hydrogen) atoms. The lowest BCUT2D eigenvalue weighted by Gasteiger charge is -2.21. The predicted molar refractivity (Wildman–Crippen MR) is 99.2 cm³/mol. The van der Waals surface area contributed by atoms with Gasteiger partial charge in [0, 0.05) is 11.8 Å². The van der Waals surface area contributed by atoms with Gasteiger partial charge in [-0.3, -0.25) is 4.79 Å². The maximum atomic E-state index is 12.5. The minimum absolute atomic E-state index is 0.153. The SMILES string of the molecule is Cc1ccc(NC2=[NH+][C@H](c3ccco3)n3c(nc(C)cc3=O)N2)c(C)c1. The molecule has 0 unspecified atom stereocenters. The van der Waals surface area contributed by atoms with Gasteiger partial charge in [-0.25, -0.2) is 25.2 Å². The van der Waals surface area contributed by atoms with Crippen LogP contribution in [0.15, 0.2) is 51.9 Å². The van der Waals surface area contributed by atoms with Crippen molar-refractivity contribution in [1.82, 2.24) is 9.55 Å². The second-order valence-corrected chi connectivity index (χ2v) is 6.44. The lowest BCUT2D eigenvalue weighted by molar-refractivity contribution is -0.523. The monoisotopic (exact) mass is 350 g/mol. The Labute approximate surface area is 150 Å². The molecule has 0 bridgehead atoms. The van der Waals surface area contributed by atoms with Gasteiger partial charge in [0.25, 0.3) is 11.5 Å². The molecule has 132 valence electrons. The van der Waals surface area contributed by atoms with Crippen molar-refractivity contribution in [3.8, 4) is 0 Å². The fourth-order valence-electron chi connectivity index (χ4n) is 3.09. The van der Waals surface area contributed by atoms with Crippen molar-refractivity contribution in [1.29, 1.82) is 0 Å². The van der Waals surface area contributed by atoms with Gasteiger partial charge in [-0.1, -0.05) is 17.7 Å². The number of nitrogens with zero attached hydrogens (tertiary/aromatic N) is 2. The average Bonchev–Trinajstić information content (AvgIpc) is 3.10. The van der Waals surface area contributed by atoms with Crippen molar-refractivity contribution in [3.05, 3.63) is 75.6 Å². The van der Waals surface area contributed by atoms with E-state index in [0.717, 1.165) is 11.3 Å². The fourth-order valence-corrected chi connectivity index (χ4v) is 3.09. The summed E-state index contributed by atoms with van der Waals surface area (Å²) in [5.74, 6) is 1.72. The van der Waals surface area contributed by atoms with E-state index in [9.17, 15) is 4.79 Å². The highest BCUT2D eigenvalue weighted by Gasteiger charge is 2.30. The van der Waals surface area contributed by atoms with Crippen molar-refractivity contribution in [2.75, 3.05) is 10.6 Å². The molecule has 1 atom stereocenters. The Morgan fingerprint density at radius 3 is 2.81 bits per heavy atom. The molecule has 4 rings (SSSR count). The zero-order chi connectivity index (χ0) is 18.3. The van der Waals surface area contributed by atoms with Crippen molar-refractivity contribution in [2.45, 2.75) is 26.9 Å². The lowest BCUT2D eigenvalue weighted by Crippen LogP contribution is -2.82. The lowest BCUT2D eigenvalue weighted by atomic mass is 10.1. The minimum Gasteiger partial charge on any atom is -0.464 e. The number of anilines is 2. The van der Waals surface area contributed by atoms with Crippen LogP contribution in [-0.2, 0) is 0 Å². The molecule has 0 radical (unpaired) electrons. The first kappa shape index (κ1) is 16.1. The van der Waals surface area contributed by atoms with Crippen molar-refractivity contribution < 1.29 is 9.41 Å². The Kier molecular flexibility index (Phi) is 3.84. The number of rotatable bonds is 2. The molecule has 0 saturated heterocycles. The van der Waals surface area contributed by atoms with E-state index < -0.39 is 6.17 Å². The van der Waals surface area contributed by atoms with E-state index in [1.807, 2.05) is 25.1 Å². The summed E-state index contributed by atoms with van der Waals surface area (Å²) in [5.41, 5.74) is 3.78. The molecule has 0 amide bonds. The van der Waals surface area contributed by atoms with Crippen LogP contribution >= 0.6 is 0 Å². The van der Waals surface area contributed by atoms with Gasteiger partial charge in [0.1, 0.15) is 5.69 Å². The van der Waals surface area contributed by atoms with Crippen LogP contribution < -0.4 is 21.2 Å². The highest BCUT2D eigenvalue weighted by atomic mass is 16.3. The summed E-state index contributed by atoms with van der Waals surface area (Å²) in [6, 6.07) is 11.3. The zero-order valence-corrected chi connectivity index (χ0v) is 14.8. The Hall–Kier alpha value is -3.35. The fraction of sp³-hybridized carbons (Fsp3) is 0.211. The summed E-state index contributed by atoms with van der Waals surface area (Å²) in [7, 11) is 0. The quantitative estimate of drug-likeness (QED) is 0.648. The van der Waals surface area contributed by atoms with E-state index in [2.05, 4.69) is 33.6 Å². The van der Waals surface area contributed by atoms with Crippen LogP contribution in [0.5, 0.6) is 0 Å². The maximum absolute atomic E-state index is 12.5. The number of guanidine groups is 1. The van der Waals surface area contributed by atoms with Gasteiger partial charge < -0.3 is 4.42 Å². The smallest absolute Gasteiger partial charge is 0.357 e. The van der Waals surface area contributed by atoms with Gasteiger partial charge in [0.2, 0.25) is 6.17 Å². The third-order valence-corrected chi connectivity index (χ3v) is 4.31. The largest absolute Gasteiger partial charge is 0.464 e. The molecule has 3 heterocycles. The molecule has 3 N–H and O–H groups in total. The van der Waals surface area contributed by atoms with Gasteiger partial charge in [-0.15, -0.1) is 0 Å². The number of hydrogen-bond donors (Lipinski definition) is 3. The van der Waals surface area contributed by atoms with E-state index >= 15 is 0 Å². The average molecular weight is 350 g/mol. The molecule has 1 aliphatic heterocycles. The predicted octanol–water partition coefficient (Wildman–Crippen LogP) is 1.28. The Bertz CT molecular complexity index is 1050. The van der Waals surface area contributed by atoms with Crippen LogP contribution in [0, 0.1) is 20.8 Å². The zero-order valence-electron chi connectivity index (χ0n) is 14.8. The van der Waals surface area contributed by atoms with Gasteiger partial charge in [-0.2, -0.15) is 0 Å². The molecular formula is C19H20N5O2+. The Morgan fingerprint density at radius 2 is 2.08 bits per heavy atom. The maximum Gasteiger partial charge on any atom is 0.357 e. The van der Waals surface area contributed by atoms with Crippen LogP contribution in [0.4, 0.5) is 11.6 Å². The van der Waals surface area contributed by atoms with Crippen LogP contribution in [0.1, 0.15) is 28.7 Å². The summed E-state index contributed by atoms with van der Waals surface area (Å²) in [6.07, 6.45) is 1.10. The Morgan fingerprint density at radius 1 is 1.23 bits per heavy atom. The first-order valence-electron chi connectivity index (χ1n) is 8.39. The number of aryl methyl sites for hydroxylation is 3. The Balaban J connectivity index is 1.78. The first-order chi connectivity index (χ1) is 12.5. The second-order valence-electron chi connectivity index (χ2n) is 6.44. The summed E-state index contributed by atoms with van der Waals surface area (Å²) < 4.78 is 7.07. The molecule has 7 heteroatoms. The molecule has 0 spiro atoms.